The van der Waals surface area contributed by atoms with Gasteiger partial charge in [0.15, 0.2) is 0 Å². The minimum Gasteiger partial charge on any atom is -0.305 e. The van der Waals surface area contributed by atoms with E-state index in [1.54, 1.807) is 0 Å². The first-order valence-corrected chi connectivity index (χ1v) is 5.28. The molecule has 1 aliphatic heterocycles. The second-order valence-corrected chi connectivity index (χ2v) is 4.00. The molecular weight excluding hydrogens is 196 g/mol. The van der Waals surface area contributed by atoms with Crippen LogP contribution in [0, 0.1) is 0 Å². The molecular formula is C14H12N2. The van der Waals surface area contributed by atoms with E-state index in [-0.39, 0.29) is 0 Å². The maximum absolute atomic E-state index is 4.45. The Morgan fingerprint density at radius 3 is 2.69 bits per heavy atom. The van der Waals surface area contributed by atoms with Gasteiger partial charge in [-0.15, -0.1) is 0 Å². The summed E-state index contributed by atoms with van der Waals surface area (Å²) in [7, 11) is 0. The highest BCUT2D eigenvalue weighted by atomic mass is 15.2. The van der Waals surface area contributed by atoms with Crippen molar-refractivity contribution in [3.05, 3.63) is 48.7 Å². The highest BCUT2D eigenvalue weighted by Crippen LogP contribution is 2.37. The molecule has 1 heterocycles. The van der Waals surface area contributed by atoms with Crippen LogP contribution in [-0.4, -0.2) is 6.34 Å². The Morgan fingerprint density at radius 1 is 1.19 bits per heavy atom. The predicted molar refractivity (Wildman–Crippen MR) is 69.4 cm³/mol. The molecule has 0 atom stereocenters. The van der Waals surface area contributed by atoms with Crippen LogP contribution in [0.4, 0.5) is 11.4 Å². The van der Waals surface area contributed by atoms with Gasteiger partial charge in [0.05, 0.1) is 17.7 Å². The maximum atomic E-state index is 4.45. The number of benzene rings is 2. The Hall–Kier alpha value is -2.09. The van der Waals surface area contributed by atoms with Crippen LogP contribution in [0.1, 0.15) is 6.92 Å². The average Bonchev–Trinajstić information content (AvgIpc) is 2.30. The zero-order chi connectivity index (χ0) is 11.1. The Balaban J connectivity index is 2.40. The molecule has 16 heavy (non-hydrogen) atoms. The van der Waals surface area contributed by atoms with Gasteiger partial charge in [-0.1, -0.05) is 30.8 Å². The molecule has 0 aromatic heterocycles. The quantitative estimate of drug-likeness (QED) is 0.695. The monoisotopic (exact) mass is 208 g/mol. The number of rotatable bonds is 1. The summed E-state index contributed by atoms with van der Waals surface area (Å²) in [5.41, 5.74) is 3.17. The van der Waals surface area contributed by atoms with E-state index >= 15 is 0 Å². The van der Waals surface area contributed by atoms with Gasteiger partial charge >= 0.3 is 0 Å². The normalized spacial score (nSPS) is 13.2. The van der Waals surface area contributed by atoms with Crippen molar-refractivity contribution in [2.24, 2.45) is 4.99 Å². The smallest absolute Gasteiger partial charge is 0.1000 e. The lowest BCUT2D eigenvalue weighted by atomic mass is 10.0. The Kier molecular flexibility index (Phi) is 1.83. The molecule has 0 saturated carbocycles. The summed E-state index contributed by atoms with van der Waals surface area (Å²) >= 11 is 0. The van der Waals surface area contributed by atoms with Crippen molar-refractivity contribution in [2.75, 3.05) is 4.90 Å². The van der Waals surface area contributed by atoms with E-state index in [4.69, 9.17) is 0 Å². The van der Waals surface area contributed by atoms with Gasteiger partial charge in [0.25, 0.3) is 0 Å². The topological polar surface area (TPSA) is 15.6 Å². The van der Waals surface area contributed by atoms with E-state index in [1.807, 2.05) is 30.3 Å². The van der Waals surface area contributed by atoms with Crippen LogP contribution in [0.3, 0.4) is 0 Å². The number of hydrogen-bond donors (Lipinski definition) is 0. The number of anilines is 1. The summed E-state index contributed by atoms with van der Waals surface area (Å²) in [5.74, 6) is 0. The third kappa shape index (κ3) is 1.16. The third-order valence-corrected chi connectivity index (χ3v) is 2.84. The minimum atomic E-state index is 0.978. The summed E-state index contributed by atoms with van der Waals surface area (Å²) < 4.78 is 0. The van der Waals surface area contributed by atoms with Gasteiger partial charge in [-0.25, -0.2) is 4.99 Å². The van der Waals surface area contributed by atoms with Gasteiger partial charge in [0.1, 0.15) is 0 Å². The minimum absolute atomic E-state index is 0.978. The lowest BCUT2D eigenvalue weighted by molar-refractivity contribution is 1.23. The van der Waals surface area contributed by atoms with Crippen molar-refractivity contribution >= 4 is 28.5 Å². The van der Waals surface area contributed by atoms with Gasteiger partial charge in [0.2, 0.25) is 0 Å². The fraction of sp³-hybridized carbons (Fsp3) is 0.0714. The molecule has 0 saturated heterocycles. The van der Waals surface area contributed by atoms with Gasteiger partial charge in [-0.05, 0) is 24.4 Å². The Morgan fingerprint density at radius 2 is 1.94 bits per heavy atom. The van der Waals surface area contributed by atoms with Crippen molar-refractivity contribution in [3.8, 4) is 0 Å². The molecule has 2 aromatic rings. The summed E-state index contributed by atoms with van der Waals surface area (Å²) in [6, 6.07) is 12.5. The number of aliphatic imine (C=N–C) groups is 1. The zero-order valence-electron chi connectivity index (χ0n) is 9.14. The molecule has 3 rings (SSSR count). The molecule has 1 aliphatic rings. The second-order valence-electron chi connectivity index (χ2n) is 4.00. The molecule has 0 bridgehead atoms. The molecule has 0 spiro atoms. The standard InChI is InChI=1S/C14H12N2/c1-10(2)16-9-15-12-7-3-5-11-6-4-8-13(16)14(11)12/h3-9H,1H2,2H3. The largest absolute Gasteiger partial charge is 0.305 e. The van der Waals surface area contributed by atoms with Gasteiger partial charge < -0.3 is 4.90 Å². The Bertz CT molecular complexity index is 606. The molecule has 0 amide bonds. The summed E-state index contributed by atoms with van der Waals surface area (Å²) in [6.07, 6.45) is 1.83. The van der Waals surface area contributed by atoms with E-state index in [0.29, 0.717) is 0 Å². The molecule has 0 aliphatic carbocycles. The SMILES string of the molecule is C=C(C)N1C=Nc2cccc3cccc1c23. The molecule has 0 unspecified atom stereocenters. The van der Waals surface area contributed by atoms with Crippen LogP contribution in [0.5, 0.6) is 0 Å². The van der Waals surface area contributed by atoms with Crippen LogP contribution >= 0.6 is 0 Å². The predicted octanol–water partition coefficient (Wildman–Crippen LogP) is 3.85. The van der Waals surface area contributed by atoms with Crippen molar-refractivity contribution in [2.45, 2.75) is 6.92 Å². The van der Waals surface area contributed by atoms with E-state index < -0.39 is 0 Å². The van der Waals surface area contributed by atoms with Gasteiger partial charge in [0, 0.05) is 11.1 Å². The van der Waals surface area contributed by atoms with Crippen LogP contribution in [0.15, 0.2) is 53.7 Å². The van der Waals surface area contributed by atoms with Crippen molar-refractivity contribution < 1.29 is 0 Å². The van der Waals surface area contributed by atoms with E-state index in [1.165, 1.54) is 10.8 Å². The van der Waals surface area contributed by atoms with Crippen LogP contribution in [-0.2, 0) is 0 Å². The lowest BCUT2D eigenvalue weighted by Gasteiger charge is -2.25. The molecule has 2 nitrogen and oxygen atoms in total. The fourth-order valence-corrected chi connectivity index (χ4v) is 2.10. The van der Waals surface area contributed by atoms with E-state index in [9.17, 15) is 0 Å². The highest BCUT2D eigenvalue weighted by molar-refractivity contribution is 6.10. The number of hydrogen-bond acceptors (Lipinski definition) is 2. The highest BCUT2D eigenvalue weighted by Gasteiger charge is 2.15. The van der Waals surface area contributed by atoms with Crippen molar-refractivity contribution in [1.82, 2.24) is 0 Å². The first kappa shape index (κ1) is 9.16. The summed E-state index contributed by atoms with van der Waals surface area (Å²) in [4.78, 5) is 6.48. The lowest BCUT2D eigenvalue weighted by Crippen LogP contribution is -2.19. The van der Waals surface area contributed by atoms with Crippen LogP contribution in [0.25, 0.3) is 10.8 Å². The summed E-state index contributed by atoms with van der Waals surface area (Å²) in [5, 5.41) is 2.42. The van der Waals surface area contributed by atoms with Crippen LogP contribution in [0.2, 0.25) is 0 Å². The molecule has 2 heteroatoms. The Labute approximate surface area is 94.5 Å². The molecule has 78 valence electrons. The first-order valence-electron chi connectivity index (χ1n) is 5.28. The van der Waals surface area contributed by atoms with Crippen molar-refractivity contribution in [3.63, 3.8) is 0 Å². The zero-order valence-corrected chi connectivity index (χ0v) is 9.14. The van der Waals surface area contributed by atoms with Gasteiger partial charge in [-0.3, -0.25) is 0 Å². The molecule has 0 radical (unpaired) electrons. The number of allylic oxidation sites excluding steroid dienone is 1. The maximum Gasteiger partial charge on any atom is 0.1000 e. The van der Waals surface area contributed by atoms with Crippen LogP contribution < -0.4 is 4.90 Å². The first-order chi connectivity index (χ1) is 7.77. The molecule has 0 N–H and O–H groups in total. The van der Waals surface area contributed by atoms with E-state index in [0.717, 1.165) is 17.1 Å². The summed E-state index contributed by atoms with van der Waals surface area (Å²) in [6.45, 7) is 5.96. The molecule has 0 fully saturated rings. The van der Waals surface area contributed by atoms with Crippen molar-refractivity contribution in [1.29, 1.82) is 0 Å². The van der Waals surface area contributed by atoms with E-state index in [2.05, 4.69) is 35.8 Å². The van der Waals surface area contributed by atoms with Gasteiger partial charge in [-0.2, -0.15) is 0 Å². The molecule has 2 aromatic carbocycles. The fourth-order valence-electron chi connectivity index (χ4n) is 2.10. The average molecular weight is 208 g/mol. The third-order valence-electron chi connectivity index (χ3n) is 2.84. The number of nitrogens with zero attached hydrogens (tertiary/aromatic N) is 2. The second kappa shape index (κ2) is 3.20.